The average molecular weight is 477 g/mol. The minimum atomic E-state index is -0.184. The topological polar surface area (TPSA) is 80.8 Å². The minimum Gasteiger partial charge on any atom is -0.493 e. The molecule has 3 aromatic rings. The van der Waals surface area contributed by atoms with Gasteiger partial charge in [-0.1, -0.05) is 24.3 Å². The molecule has 0 radical (unpaired) electrons. The van der Waals surface area contributed by atoms with Gasteiger partial charge in [0, 0.05) is 55.6 Å². The number of anilines is 1. The molecule has 35 heavy (non-hydrogen) atoms. The number of ether oxygens (including phenoxy) is 2. The zero-order valence-electron chi connectivity index (χ0n) is 20.4. The third-order valence-corrected chi connectivity index (χ3v) is 6.87. The molecule has 0 unspecified atom stereocenters. The number of carbonyl (C=O) groups is 2. The van der Waals surface area contributed by atoms with Gasteiger partial charge >= 0.3 is 5.69 Å². The summed E-state index contributed by atoms with van der Waals surface area (Å²) in [6, 6.07) is 13.0. The van der Waals surface area contributed by atoms with Crippen molar-refractivity contribution in [3.05, 3.63) is 65.0 Å². The fourth-order valence-corrected chi connectivity index (χ4v) is 4.98. The van der Waals surface area contributed by atoms with Crippen LogP contribution in [-0.4, -0.2) is 73.3 Å². The number of ketones is 2. The van der Waals surface area contributed by atoms with E-state index in [9.17, 15) is 9.59 Å². The maximum atomic E-state index is 13.2. The van der Waals surface area contributed by atoms with Crippen molar-refractivity contribution in [3.8, 4) is 11.5 Å². The van der Waals surface area contributed by atoms with Crippen molar-refractivity contribution in [2.75, 3.05) is 51.8 Å². The number of aryl methyl sites for hydroxylation is 1. The van der Waals surface area contributed by atoms with Gasteiger partial charge in [-0.15, -0.1) is 4.68 Å². The van der Waals surface area contributed by atoms with Crippen molar-refractivity contribution in [1.29, 1.82) is 0 Å². The van der Waals surface area contributed by atoms with E-state index in [4.69, 9.17) is 9.47 Å². The molecule has 2 aromatic carbocycles. The number of nitrogens with zero attached hydrogens (tertiary/aromatic N) is 5. The van der Waals surface area contributed by atoms with Gasteiger partial charge < -0.3 is 14.4 Å². The molecule has 0 amide bonds. The van der Waals surface area contributed by atoms with Crippen LogP contribution in [0.2, 0.25) is 0 Å². The van der Waals surface area contributed by atoms with Gasteiger partial charge in [0.2, 0.25) is 11.6 Å². The highest BCUT2D eigenvalue weighted by atomic mass is 16.5. The summed E-state index contributed by atoms with van der Waals surface area (Å²) in [5, 5.41) is 4.39. The third-order valence-electron chi connectivity index (χ3n) is 6.87. The van der Waals surface area contributed by atoms with Crippen LogP contribution in [0.1, 0.15) is 38.5 Å². The predicted molar refractivity (Wildman–Crippen MR) is 130 cm³/mol. The monoisotopic (exact) mass is 476 g/mol. The molecule has 182 valence electrons. The number of carbonyl (C=O) groups excluding carboxylic acids is 2. The molecule has 1 fully saturated rings. The summed E-state index contributed by atoms with van der Waals surface area (Å²) in [5.74, 6) is 1.15. The Labute approximate surface area is 204 Å². The van der Waals surface area contributed by atoms with E-state index in [0.29, 0.717) is 23.4 Å². The SMILES string of the molecule is COc1ccc(N2CCN(CCC[n+]3c4c(nn3C)C(=O)c3ccccc3C4=O)CC2)cc1OC. The second-order valence-corrected chi connectivity index (χ2v) is 8.84. The number of rotatable bonds is 7. The first-order valence-corrected chi connectivity index (χ1v) is 11.9. The molecule has 0 spiro atoms. The molecule has 1 aliphatic carbocycles. The van der Waals surface area contributed by atoms with Gasteiger partial charge in [0.25, 0.3) is 5.69 Å². The van der Waals surface area contributed by atoms with Crippen molar-refractivity contribution >= 4 is 17.3 Å². The van der Waals surface area contributed by atoms with Crippen molar-refractivity contribution in [1.82, 2.24) is 14.8 Å². The van der Waals surface area contributed by atoms with Gasteiger partial charge in [0.05, 0.1) is 26.4 Å². The van der Waals surface area contributed by atoms with E-state index < -0.39 is 0 Å². The highest BCUT2D eigenvalue weighted by Gasteiger charge is 2.42. The highest BCUT2D eigenvalue weighted by molar-refractivity contribution is 6.26. The van der Waals surface area contributed by atoms with Crippen molar-refractivity contribution in [2.45, 2.75) is 13.0 Å². The van der Waals surface area contributed by atoms with E-state index in [0.717, 1.165) is 56.3 Å². The Morgan fingerprint density at radius 1 is 0.914 bits per heavy atom. The lowest BCUT2D eigenvalue weighted by Gasteiger charge is -2.36. The van der Waals surface area contributed by atoms with E-state index in [1.165, 1.54) is 0 Å². The molecule has 9 heteroatoms. The van der Waals surface area contributed by atoms with Crippen molar-refractivity contribution in [3.63, 3.8) is 0 Å². The quantitative estimate of drug-likeness (QED) is 0.376. The van der Waals surface area contributed by atoms with Crippen molar-refractivity contribution < 1.29 is 23.7 Å². The Hall–Kier alpha value is -3.72. The molecule has 0 atom stereocenters. The number of fused-ring (bicyclic) bond motifs is 2. The maximum absolute atomic E-state index is 13.2. The number of hydrogen-bond acceptors (Lipinski definition) is 7. The van der Waals surface area contributed by atoms with Crippen LogP contribution in [0.3, 0.4) is 0 Å². The average Bonchev–Trinajstić information content (AvgIpc) is 3.23. The molecule has 9 nitrogen and oxygen atoms in total. The molecule has 2 aliphatic rings. The van der Waals surface area contributed by atoms with E-state index in [1.54, 1.807) is 50.3 Å². The summed E-state index contributed by atoms with van der Waals surface area (Å²) >= 11 is 0. The summed E-state index contributed by atoms with van der Waals surface area (Å²) in [6.45, 7) is 5.28. The van der Waals surface area contributed by atoms with Crippen molar-refractivity contribution in [2.24, 2.45) is 7.05 Å². The summed E-state index contributed by atoms with van der Waals surface area (Å²) in [4.78, 5) is 32.5. The van der Waals surface area contributed by atoms with Gasteiger partial charge in [-0.3, -0.25) is 14.5 Å². The van der Waals surface area contributed by atoms with Gasteiger partial charge in [-0.05, 0) is 23.4 Å². The number of methoxy groups -OCH3 is 2. The Morgan fingerprint density at radius 2 is 1.60 bits per heavy atom. The molecule has 1 saturated heterocycles. The highest BCUT2D eigenvalue weighted by Crippen LogP contribution is 2.32. The summed E-state index contributed by atoms with van der Waals surface area (Å²) < 4.78 is 12.6. The van der Waals surface area contributed by atoms with Crippen LogP contribution in [0.5, 0.6) is 11.5 Å². The Bertz CT molecular complexity index is 1280. The summed E-state index contributed by atoms with van der Waals surface area (Å²) in [7, 11) is 5.08. The second-order valence-electron chi connectivity index (χ2n) is 8.84. The van der Waals surface area contributed by atoms with Crippen LogP contribution in [0.4, 0.5) is 5.69 Å². The minimum absolute atomic E-state index is 0.133. The predicted octanol–water partition coefficient (Wildman–Crippen LogP) is 1.71. The zero-order chi connectivity index (χ0) is 24.5. The van der Waals surface area contributed by atoms with E-state index in [2.05, 4.69) is 21.0 Å². The smallest absolute Gasteiger partial charge is 0.300 e. The van der Waals surface area contributed by atoms with Crippen LogP contribution < -0.4 is 19.1 Å². The second kappa shape index (κ2) is 9.50. The Kier molecular flexibility index (Phi) is 6.25. The first-order chi connectivity index (χ1) is 17.0. The lowest BCUT2D eigenvalue weighted by atomic mass is 9.90. The van der Waals surface area contributed by atoms with Crippen LogP contribution in [0.15, 0.2) is 42.5 Å². The van der Waals surface area contributed by atoms with Crippen LogP contribution in [0.25, 0.3) is 0 Å². The van der Waals surface area contributed by atoms with Gasteiger partial charge in [-0.25, -0.2) is 0 Å². The summed E-state index contributed by atoms with van der Waals surface area (Å²) in [6.07, 6.45) is 0.857. The molecular formula is C26H30N5O4+. The van der Waals surface area contributed by atoms with Crippen LogP contribution >= 0.6 is 0 Å². The van der Waals surface area contributed by atoms with Crippen LogP contribution in [-0.2, 0) is 13.6 Å². The zero-order valence-corrected chi connectivity index (χ0v) is 20.4. The molecule has 1 aromatic heterocycles. The fraction of sp³-hybridized carbons (Fsp3) is 0.385. The largest absolute Gasteiger partial charge is 0.493 e. The molecule has 0 saturated carbocycles. The number of benzene rings is 2. The first-order valence-electron chi connectivity index (χ1n) is 11.9. The molecule has 0 N–H and O–H groups in total. The molecule has 0 bridgehead atoms. The molecular weight excluding hydrogens is 446 g/mol. The number of hydrogen-bond donors (Lipinski definition) is 0. The molecule has 1 aliphatic heterocycles. The third kappa shape index (κ3) is 4.16. The van der Waals surface area contributed by atoms with Gasteiger partial charge in [0.1, 0.15) is 6.54 Å². The lowest BCUT2D eigenvalue weighted by molar-refractivity contribution is -0.779. The maximum Gasteiger partial charge on any atom is 0.300 e. The number of aromatic nitrogens is 3. The number of piperazine rings is 1. The van der Waals surface area contributed by atoms with E-state index in [1.807, 2.05) is 16.8 Å². The van der Waals surface area contributed by atoms with E-state index in [-0.39, 0.29) is 17.3 Å². The Balaban J connectivity index is 1.20. The Morgan fingerprint density at radius 3 is 2.29 bits per heavy atom. The normalized spacial score (nSPS) is 15.7. The van der Waals surface area contributed by atoms with Gasteiger partial charge in [-0.2, -0.15) is 0 Å². The van der Waals surface area contributed by atoms with Crippen LogP contribution in [0, 0.1) is 0 Å². The molecule has 5 rings (SSSR count). The fourth-order valence-electron chi connectivity index (χ4n) is 4.98. The molecule has 2 heterocycles. The first kappa shape index (κ1) is 23.0. The summed E-state index contributed by atoms with van der Waals surface area (Å²) in [5.41, 5.74) is 2.66. The standard InChI is InChI=1S/C26H30N5O4/c1-28-27-23-24(26(33)20-8-5-4-7-19(20)25(23)32)31(28)12-6-11-29-13-15-30(16-14-29)18-9-10-21(34-2)22(17-18)35-3/h4-5,7-10,17H,6,11-16H2,1-3H3/q+1. The lowest BCUT2D eigenvalue weighted by Crippen LogP contribution is -2.50. The van der Waals surface area contributed by atoms with E-state index >= 15 is 0 Å². The van der Waals surface area contributed by atoms with Gasteiger partial charge in [0.15, 0.2) is 11.5 Å².